The van der Waals surface area contributed by atoms with E-state index in [4.69, 9.17) is 4.52 Å². The van der Waals surface area contributed by atoms with E-state index in [1.54, 1.807) is 25.4 Å². The van der Waals surface area contributed by atoms with Gasteiger partial charge < -0.3 is 9.84 Å². The fraction of sp³-hybridized carbons (Fsp3) is 0.167. The number of amides is 1. The van der Waals surface area contributed by atoms with Crippen LogP contribution in [0.4, 0.5) is 5.82 Å². The minimum atomic E-state index is -0.322. The zero-order valence-electron chi connectivity index (χ0n) is 12.8. The molecule has 0 aliphatic carbocycles. The molecule has 0 bridgehead atoms. The highest BCUT2D eigenvalue weighted by Crippen LogP contribution is 2.22. The standard InChI is InChI=1S/C18H17N3O2/c1-13-10-17(21-23-13)20-18(22)16(15-7-3-2-4-8-15)11-14-6-5-9-19-12-14/h2-10,12,16H,11H2,1H3,(H,20,21,22). The molecular weight excluding hydrogens is 290 g/mol. The maximum atomic E-state index is 12.7. The van der Waals surface area contributed by atoms with Crippen molar-refractivity contribution in [3.63, 3.8) is 0 Å². The fourth-order valence-corrected chi connectivity index (χ4v) is 2.44. The highest BCUT2D eigenvalue weighted by atomic mass is 16.5. The minimum Gasteiger partial charge on any atom is -0.360 e. The van der Waals surface area contributed by atoms with Crippen molar-refractivity contribution in [2.45, 2.75) is 19.3 Å². The number of carbonyl (C=O) groups is 1. The molecule has 0 spiro atoms. The molecule has 3 aromatic rings. The van der Waals surface area contributed by atoms with E-state index in [-0.39, 0.29) is 11.8 Å². The molecule has 0 fully saturated rings. The maximum Gasteiger partial charge on any atom is 0.233 e. The summed E-state index contributed by atoms with van der Waals surface area (Å²) >= 11 is 0. The van der Waals surface area contributed by atoms with Gasteiger partial charge in [0.15, 0.2) is 5.82 Å². The van der Waals surface area contributed by atoms with E-state index < -0.39 is 0 Å². The Bertz CT molecular complexity index is 769. The lowest BCUT2D eigenvalue weighted by atomic mass is 9.92. The molecule has 2 aromatic heterocycles. The average Bonchev–Trinajstić information content (AvgIpc) is 2.99. The third kappa shape index (κ3) is 3.83. The lowest BCUT2D eigenvalue weighted by Crippen LogP contribution is -2.23. The molecule has 5 nitrogen and oxygen atoms in total. The van der Waals surface area contributed by atoms with Crippen molar-refractivity contribution < 1.29 is 9.32 Å². The average molecular weight is 307 g/mol. The molecule has 5 heteroatoms. The van der Waals surface area contributed by atoms with Gasteiger partial charge in [-0.3, -0.25) is 9.78 Å². The van der Waals surface area contributed by atoms with Crippen molar-refractivity contribution in [3.05, 3.63) is 77.8 Å². The minimum absolute atomic E-state index is 0.117. The summed E-state index contributed by atoms with van der Waals surface area (Å²) in [6, 6.07) is 15.2. The van der Waals surface area contributed by atoms with Gasteiger partial charge in [0, 0.05) is 18.5 Å². The van der Waals surface area contributed by atoms with Crippen LogP contribution in [0.25, 0.3) is 0 Å². The Labute approximate surface area is 134 Å². The molecule has 0 aliphatic heterocycles. The van der Waals surface area contributed by atoms with E-state index in [0.29, 0.717) is 18.0 Å². The van der Waals surface area contributed by atoms with Gasteiger partial charge in [-0.1, -0.05) is 41.6 Å². The molecule has 1 N–H and O–H groups in total. The van der Waals surface area contributed by atoms with Gasteiger partial charge in [0.2, 0.25) is 5.91 Å². The number of nitrogens with zero attached hydrogens (tertiary/aromatic N) is 2. The number of rotatable bonds is 5. The summed E-state index contributed by atoms with van der Waals surface area (Å²) < 4.78 is 4.99. The maximum absolute atomic E-state index is 12.7. The Morgan fingerprint density at radius 1 is 1.22 bits per heavy atom. The van der Waals surface area contributed by atoms with Crippen LogP contribution in [-0.2, 0) is 11.2 Å². The molecule has 1 aromatic carbocycles. The van der Waals surface area contributed by atoms with E-state index in [2.05, 4.69) is 15.5 Å². The Kier molecular flexibility index (Phi) is 4.47. The Morgan fingerprint density at radius 2 is 2.04 bits per heavy atom. The molecule has 0 saturated carbocycles. The summed E-state index contributed by atoms with van der Waals surface area (Å²) in [4.78, 5) is 16.8. The second kappa shape index (κ2) is 6.87. The third-order valence-electron chi connectivity index (χ3n) is 3.56. The van der Waals surface area contributed by atoms with Crippen molar-refractivity contribution in [2.24, 2.45) is 0 Å². The molecular formula is C18H17N3O2. The normalized spacial score (nSPS) is 11.9. The van der Waals surface area contributed by atoms with Crippen LogP contribution in [0.5, 0.6) is 0 Å². The highest BCUT2D eigenvalue weighted by molar-refractivity contribution is 5.95. The van der Waals surface area contributed by atoms with Crippen LogP contribution in [0.15, 0.2) is 65.4 Å². The van der Waals surface area contributed by atoms with Gasteiger partial charge in [0.05, 0.1) is 5.92 Å². The number of benzene rings is 1. The third-order valence-corrected chi connectivity index (χ3v) is 3.56. The first-order chi connectivity index (χ1) is 11.2. The first kappa shape index (κ1) is 15.0. The van der Waals surface area contributed by atoms with Crippen LogP contribution in [0.1, 0.15) is 22.8 Å². The summed E-state index contributed by atoms with van der Waals surface area (Å²) in [7, 11) is 0. The first-order valence-corrected chi connectivity index (χ1v) is 7.40. The van der Waals surface area contributed by atoms with Gasteiger partial charge in [-0.2, -0.15) is 0 Å². The molecule has 0 radical (unpaired) electrons. The van der Waals surface area contributed by atoms with Crippen LogP contribution in [0.2, 0.25) is 0 Å². The van der Waals surface area contributed by atoms with Crippen LogP contribution in [-0.4, -0.2) is 16.0 Å². The van der Waals surface area contributed by atoms with Crippen molar-refractivity contribution in [3.8, 4) is 0 Å². The largest absolute Gasteiger partial charge is 0.360 e. The smallest absolute Gasteiger partial charge is 0.233 e. The number of carbonyl (C=O) groups excluding carboxylic acids is 1. The Balaban J connectivity index is 1.84. The van der Waals surface area contributed by atoms with Crippen molar-refractivity contribution in [2.75, 3.05) is 5.32 Å². The van der Waals surface area contributed by atoms with Crippen LogP contribution >= 0.6 is 0 Å². The summed E-state index contributed by atoms with van der Waals surface area (Å²) in [5.41, 5.74) is 1.96. The molecule has 1 atom stereocenters. The lowest BCUT2D eigenvalue weighted by Gasteiger charge is -2.16. The number of aromatic nitrogens is 2. The van der Waals surface area contributed by atoms with E-state index in [1.165, 1.54) is 0 Å². The zero-order valence-corrected chi connectivity index (χ0v) is 12.8. The number of anilines is 1. The zero-order chi connectivity index (χ0) is 16.1. The second-order valence-electron chi connectivity index (χ2n) is 5.34. The van der Waals surface area contributed by atoms with Gasteiger partial charge in [-0.05, 0) is 30.5 Å². The molecule has 0 aliphatic rings. The van der Waals surface area contributed by atoms with Gasteiger partial charge in [0.25, 0.3) is 0 Å². The summed E-state index contributed by atoms with van der Waals surface area (Å²) in [6.45, 7) is 1.78. The van der Waals surface area contributed by atoms with Gasteiger partial charge in [0.1, 0.15) is 5.76 Å². The van der Waals surface area contributed by atoms with Gasteiger partial charge in [-0.15, -0.1) is 0 Å². The molecule has 1 amide bonds. The number of hydrogen-bond acceptors (Lipinski definition) is 4. The van der Waals surface area contributed by atoms with Crippen molar-refractivity contribution in [1.29, 1.82) is 0 Å². The number of nitrogens with one attached hydrogen (secondary N) is 1. The predicted octanol–water partition coefficient (Wildman–Crippen LogP) is 3.34. The molecule has 116 valence electrons. The molecule has 23 heavy (non-hydrogen) atoms. The van der Waals surface area contributed by atoms with Crippen molar-refractivity contribution >= 4 is 11.7 Å². The number of pyridine rings is 1. The van der Waals surface area contributed by atoms with E-state index in [1.807, 2.05) is 42.5 Å². The van der Waals surface area contributed by atoms with Crippen molar-refractivity contribution in [1.82, 2.24) is 10.1 Å². The summed E-state index contributed by atoms with van der Waals surface area (Å²) in [5.74, 6) is 0.647. The quantitative estimate of drug-likeness (QED) is 0.785. The summed E-state index contributed by atoms with van der Waals surface area (Å²) in [5, 5.41) is 6.64. The SMILES string of the molecule is Cc1cc(NC(=O)C(Cc2cccnc2)c2ccccc2)no1. The monoisotopic (exact) mass is 307 g/mol. The van der Waals surface area contributed by atoms with E-state index in [9.17, 15) is 4.79 Å². The summed E-state index contributed by atoms with van der Waals surface area (Å²) in [6.07, 6.45) is 4.07. The lowest BCUT2D eigenvalue weighted by molar-refractivity contribution is -0.117. The fourth-order valence-electron chi connectivity index (χ4n) is 2.44. The Morgan fingerprint density at radius 3 is 2.70 bits per heavy atom. The molecule has 3 rings (SSSR count). The number of hydrogen-bond donors (Lipinski definition) is 1. The Hall–Kier alpha value is -2.95. The highest BCUT2D eigenvalue weighted by Gasteiger charge is 2.22. The molecule has 0 saturated heterocycles. The number of aryl methyl sites for hydroxylation is 1. The first-order valence-electron chi connectivity index (χ1n) is 7.40. The molecule has 2 heterocycles. The van der Waals surface area contributed by atoms with Gasteiger partial charge >= 0.3 is 0 Å². The predicted molar refractivity (Wildman–Crippen MR) is 87.0 cm³/mol. The second-order valence-corrected chi connectivity index (χ2v) is 5.34. The van der Waals surface area contributed by atoms with E-state index in [0.717, 1.165) is 11.1 Å². The molecule has 1 unspecified atom stereocenters. The topological polar surface area (TPSA) is 68.0 Å². The van der Waals surface area contributed by atoms with Gasteiger partial charge in [-0.25, -0.2) is 0 Å². The van der Waals surface area contributed by atoms with E-state index >= 15 is 0 Å². The van der Waals surface area contributed by atoms with Crippen LogP contribution < -0.4 is 5.32 Å². The van der Waals surface area contributed by atoms with Crippen LogP contribution in [0, 0.1) is 6.92 Å². The van der Waals surface area contributed by atoms with Crippen LogP contribution in [0.3, 0.4) is 0 Å².